The third kappa shape index (κ3) is 3.45. The molecule has 0 aliphatic carbocycles. The van der Waals surface area contributed by atoms with Gasteiger partial charge in [0.25, 0.3) is 5.56 Å². The van der Waals surface area contributed by atoms with Gasteiger partial charge in [-0.1, -0.05) is 12.1 Å². The minimum Gasteiger partial charge on any atom is -0.497 e. The Labute approximate surface area is 132 Å². The Hall–Kier alpha value is -2.95. The van der Waals surface area contributed by atoms with E-state index in [1.54, 1.807) is 25.3 Å². The summed E-state index contributed by atoms with van der Waals surface area (Å²) in [5.41, 5.74) is 2.14. The van der Waals surface area contributed by atoms with Crippen LogP contribution in [0.15, 0.2) is 65.5 Å². The molecule has 0 spiro atoms. The molecule has 0 unspecified atom stereocenters. The van der Waals surface area contributed by atoms with Gasteiger partial charge in [-0.2, -0.15) is 5.10 Å². The maximum atomic E-state index is 13.0. The molecule has 0 atom stereocenters. The van der Waals surface area contributed by atoms with Crippen LogP contribution in [0.2, 0.25) is 0 Å². The molecule has 0 fully saturated rings. The molecule has 2 aromatic carbocycles. The Kier molecular flexibility index (Phi) is 4.19. The largest absolute Gasteiger partial charge is 0.497 e. The van der Waals surface area contributed by atoms with Crippen molar-refractivity contribution in [3.63, 3.8) is 0 Å². The van der Waals surface area contributed by atoms with Crippen molar-refractivity contribution in [2.75, 3.05) is 7.11 Å². The van der Waals surface area contributed by atoms with Crippen LogP contribution in [0, 0.1) is 5.82 Å². The highest BCUT2D eigenvalue weighted by atomic mass is 19.1. The van der Waals surface area contributed by atoms with Gasteiger partial charge in [0.15, 0.2) is 0 Å². The molecule has 0 aliphatic rings. The summed E-state index contributed by atoms with van der Waals surface area (Å²) in [6, 6.07) is 16.6. The summed E-state index contributed by atoms with van der Waals surface area (Å²) in [5, 5.41) is 4.36. The predicted molar refractivity (Wildman–Crippen MR) is 86.0 cm³/mol. The second kappa shape index (κ2) is 6.44. The molecule has 5 heteroatoms. The van der Waals surface area contributed by atoms with E-state index in [-0.39, 0.29) is 11.4 Å². The lowest BCUT2D eigenvalue weighted by atomic mass is 10.1. The number of aromatic nitrogens is 2. The topological polar surface area (TPSA) is 44.1 Å². The SMILES string of the molecule is COc1ccc(Cn2nc(-c3ccc(F)cc3)ccc2=O)cc1. The fraction of sp³-hybridized carbons (Fsp3) is 0.111. The zero-order chi connectivity index (χ0) is 16.2. The molecule has 0 saturated carbocycles. The van der Waals surface area contributed by atoms with Gasteiger partial charge in [0.2, 0.25) is 0 Å². The monoisotopic (exact) mass is 310 g/mol. The minimum atomic E-state index is -0.305. The van der Waals surface area contributed by atoms with Crippen molar-refractivity contribution >= 4 is 0 Å². The Balaban J connectivity index is 1.91. The van der Waals surface area contributed by atoms with Crippen LogP contribution in [-0.4, -0.2) is 16.9 Å². The van der Waals surface area contributed by atoms with Crippen molar-refractivity contribution < 1.29 is 9.13 Å². The van der Waals surface area contributed by atoms with Gasteiger partial charge in [0, 0.05) is 11.6 Å². The first-order valence-corrected chi connectivity index (χ1v) is 7.13. The number of ether oxygens (including phenoxy) is 1. The molecule has 23 heavy (non-hydrogen) atoms. The summed E-state index contributed by atoms with van der Waals surface area (Å²) in [4.78, 5) is 12.0. The Bertz CT molecular complexity index is 855. The number of halogens is 1. The third-order valence-corrected chi connectivity index (χ3v) is 3.50. The molecular weight excluding hydrogens is 295 g/mol. The normalized spacial score (nSPS) is 10.5. The Morgan fingerprint density at radius 1 is 1.00 bits per heavy atom. The molecule has 0 saturated heterocycles. The highest BCUT2D eigenvalue weighted by Gasteiger charge is 2.05. The van der Waals surface area contributed by atoms with E-state index in [9.17, 15) is 9.18 Å². The van der Waals surface area contributed by atoms with Crippen LogP contribution in [0.5, 0.6) is 5.75 Å². The van der Waals surface area contributed by atoms with Crippen molar-refractivity contribution in [1.82, 2.24) is 9.78 Å². The maximum Gasteiger partial charge on any atom is 0.267 e. The van der Waals surface area contributed by atoms with Crippen LogP contribution in [0.3, 0.4) is 0 Å². The Morgan fingerprint density at radius 3 is 2.35 bits per heavy atom. The minimum absolute atomic E-state index is 0.188. The first-order chi connectivity index (χ1) is 11.2. The fourth-order valence-corrected chi connectivity index (χ4v) is 2.24. The molecular formula is C18H15FN2O2. The van der Waals surface area contributed by atoms with Crippen LogP contribution in [-0.2, 0) is 6.54 Å². The third-order valence-electron chi connectivity index (χ3n) is 3.50. The van der Waals surface area contributed by atoms with E-state index in [0.717, 1.165) is 16.9 Å². The lowest BCUT2D eigenvalue weighted by molar-refractivity contribution is 0.414. The fourth-order valence-electron chi connectivity index (χ4n) is 2.24. The van der Waals surface area contributed by atoms with Gasteiger partial charge in [0.05, 0.1) is 19.3 Å². The van der Waals surface area contributed by atoms with Crippen LogP contribution in [0.1, 0.15) is 5.56 Å². The van der Waals surface area contributed by atoms with Crippen molar-refractivity contribution in [1.29, 1.82) is 0 Å². The molecule has 116 valence electrons. The Morgan fingerprint density at radius 2 is 1.70 bits per heavy atom. The average molecular weight is 310 g/mol. The summed E-state index contributed by atoms with van der Waals surface area (Å²) >= 11 is 0. The van der Waals surface area contributed by atoms with Gasteiger partial charge in [-0.25, -0.2) is 9.07 Å². The molecule has 0 aliphatic heterocycles. The van der Waals surface area contributed by atoms with Gasteiger partial charge in [-0.3, -0.25) is 4.79 Å². The van der Waals surface area contributed by atoms with E-state index >= 15 is 0 Å². The van der Waals surface area contributed by atoms with Crippen LogP contribution < -0.4 is 10.3 Å². The first-order valence-electron chi connectivity index (χ1n) is 7.13. The number of hydrogen-bond acceptors (Lipinski definition) is 3. The standard InChI is InChI=1S/C18H15FN2O2/c1-23-16-8-2-13(3-9-16)12-21-18(22)11-10-17(20-21)14-4-6-15(19)7-5-14/h2-11H,12H2,1H3. The van der Waals surface area contributed by atoms with Crippen molar-refractivity contribution in [3.05, 3.63) is 82.4 Å². The van der Waals surface area contributed by atoms with E-state index in [1.165, 1.54) is 22.9 Å². The molecule has 1 aromatic heterocycles. The zero-order valence-corrected chi connectivity index (χ0v) is 12.6. The van der Waals surface area contributed by atoms with Gasteiger partial charge in [0.1, 0.15) is 11.6 Å². The molecule has 4 nitrogen and oxygen atoms in total. The van der Waals surface area contributed by atoms with Gasteiger partial charge in [-0.05, 0) is 48.0 Å². The zero-order valence-electron chi connectivity index (χ0n) is 12.6. The molecule has 0 bridgehead atoms. The van der Waals surface area contributed by atoms with E-state index in [2.05, 4.69) is 5.10 Å². The number of hydrogen-bond donors (Lipinski definition) is 0. The first kappa shape index (κ1) is 15.0. The molecule has 3 aromatic rings. The number of methoxy groups -OCH3 is 1. The van der Waals surface area contributed by atoms with Crippen LogP contribution >= 0.6 is 0 Å². The summed E-state index contributed by atoms with van der Waals surface area (Å²) in [6.07, 6.45) is 0. The molecule has 3 rings (SSSR count). The molecule has 0 radical (unpaired) electrons. The average Bonchev–Trinajstić information content (AvgIpc) is 2.58. The van der Waals surface area contributed by atoms with E-state index in [0.29, 0.717) is 12.2 Å². The summed E-state index contributed by atoms with van der Waals surface area (Å²) < 4.78 is 19.5. The van der Waals surface area contributed by atoms with Crippen molar-refractivity contribution in [2.24, 2.45) is 0 Å². The van der Waals surface area contributed by atoms with Gasteiger partial charge < -0.3 is 4.74 Å². The summed E-state index contributed by atoms with van der Waals surface area (Å²) in [5.74, 6) is 0.453. The van der Waals surface area contributed by atoms with Gasteiger partial charge in [-0.15, -0.1) is 0 Å². The highest BCUT2D eigenvalue weighted by Crippen LogP contribution is 2.16. The number of benzene rings is 2. The van der Waals surface area contributed by atoms with Crippen molar-refractivity contribution in [2.45, 2.75) is 6.54 Å². The molecule has 0 amide bonds. The van der Waals surface area contributed by atoms with E-state index in [1.807, 2.05) is 24.3 Å². The smallest absolute Gasteiger partial charge is 0.267 e. The van der Waals surface area contributed by atoms with Gasteiger partial charge >= 0.3 is 0 Å². The second-order valence-corrected chi connectivity index (χ2v) is 5.07. The molecule has 0 N–H and O–H groups in total. The molecule has 1 heterocycles. The summed E-state index contributed by atoms with van der Waals surface area (Å²) in [7, 11) is 1.60. The maximum absolute atomic E-state index is 13.0. The number of rotatable bonds is 4. The predicted octanol–water partition coefficient (Wildman–Crippen LogP) is 3.11. The van der Waals surface area contributed by atoms with E-state index in [4.69, 9.17) is 4.74 Å². The second-order valence-electron chi connectivity index (χ2n) is 5.07. The lowest BCUT2D eigenvalue weighted by Crippen LogP contribution is -2.22. The van der Waals surface area contributed by atoms with E-state index < -0.39 is 0 Å². The quantitative estimate of drug-likeness (QED) is 0.744. The number of nitrogens with zero attached hydrogens (tertiary/aromatic N) is 2. The highest BCUT2D eigenvalue weighted by molar-refractivity contribution is 5.57. The summed E-state index contributed by atoms with van der Waals surface area (Å²) in [6.45, 7) is 0.359. The van der Waals surface area contributed by atoms with Crippen LogP contribution in [0.4, 0.5) is 4.39 Å². The van der Waals surface area contributed by atoms with Crippen molar-refractivity contribution in [3.8, 4) is 17.0 Å². The van der Waals surface area contributed by atoms with Crippen LogP contribution in [0.25, 0.3) is 11.3 Å². The lowest BCUT2D eigenvalue weighted by Gasteiger charge is -2.08.